The lowest BCUT2D eigenvalue weighted by atomic mass is 10.0. The molecule has 0 aromatic carbocycles. The van der Waals surface area contributed by atoms with E-state index in [2.05, 4.69) is 24.1 Å². The summed E-state index contributed by atoms with van der Waals surface area (Å²) in [6, 6.07) is 0. The quantitative estimate of drug-likeness (QED) is 0.836. The first-order valence-electron chi connectivity index (χ1n) is 6.77. The molecule has 0 saturated carbocycles. The number of carbonyl (C=O) groups excluding carboxylic acids is 2. The van der Waals surface area contributed by atoms with E-state index in [4.69, 9.17) is 5.73 Å². The summed E-state index contributed by atoms with van der Waals surface area (Å²) in [4.78, 5) is 26.4. The van der Waals surface area contributed by atoms with Crippen LogP contribution in [0.25, 0.3) is 0 Å². The minimum absolute atomic E-state index is 0.0933. The number of rotatable bonds is 3. The Labute approximate surface area is 123 Å². The van der Waals surface area contributed by atoms with Gasteiger partial charge in [-0.3, -0.25) is 9.59 Å². The van der Waals surface area contributed by atoms with E-state index in [1.54, 1.807) is 7.05 Å². The molecule has 0 aliphatic carbocycles. The average molecular weight is 295 g/mol. The van der Waals surface area contributed by atoms with Crippen molar-refractivity contribution in [1.29, 1.82) is 0 Å². The fourth-order valence-electron chi connectivity index (χ4n) is 2.56. The zero-order valence-corrected chi connectivity index (χ0v) is 13.1. The molecule has 1 amide bonds. The Kier molecular flexibility index (Phi) is 4.04. The minimum Gasteiger partial charge on any atom is -0.397 e. The van der Waals surface area contributed by atoms with Crippen LogP contribution in [0.5, 0.6) is 0 Å². The van der Waals surface area contributed by atoms with Gasteiger partial charge < -0.3 is 16.0 Å². The summed E-state index contributed by atoms with van der Waals surface area (Å²) in [6.07, 6.45) is 0. The van der Waals surface area contributed by atoms with Gasteiger partial charge in [-0.1, -0.05) is 13.8 Å². The van der Waals surface area contributed by atoms with Crippen molar-refractivity contribution in [3.63, 3.8) is 0 Å². The lowest BCUT2D eigenvalue weighted by molar-refractivity contribution is 0.0964. The predicted octanol–water partition coefficient (Wildman–Crippen LogP) is 1.98. The predicted molar refractivity (Wildman–Crippen MR) is 82.7 cm³/mol. The Bertz CT molecular complexity index is 543. The number of amides is 1. The van der Waals surface area contributed by atoms with Crippen LogP contribution in [0.4, 0.5) is 10.7 Å². The van der Waals surface area contributed by atoms with E-state index in [0.29, 0.717) is 28.0 Å². The van der Waals surface area contributed by atoms with E-state index in [1.165, 1.54) is 18.3 Å². The van der Waals surface area contributed by atoms with Gasteiger partial charge in [0.05, 0.1) is 16.1 Å². The van der Waals surface area contributed by atoms with Crippen LogP contribution in [0.1, 0.15) is 40.8 Å². The van der Waals surface area contributed by atoms with Gasteiger partial charge in [0, 0.05) is 27.1 Å². The highest BCUT2D eigenvalue weighted by Crippen LogP contribution is 2.41. The molecule has 110 valence electrons. The number of Topliss-reactive ketones (excluding diaryl/α,β-unsaturated/α-hetero) is 1. The fraction of sp³-hybridized carbons (Fsp3) is 0.571. The summed E-state index contributed by atoms with van der Waals surface area (Å²) in [5, 5.41) is 3.43. The highest BCUT2D eigenvalue weighted by molar-refractivity contribution is 7.19. The van der Waals surface area contributed by atoms with Gasteiger partial charge in [-0.25, -0.2) is 0 Å². The van der Waals surface area contributed by atoms with E-state index < -0.39 is 0 Å². The minimum atomic E-state index is -0.228. The topological polar surface area (TPSA) is 75.4 Å². The van der Waals surface area contributed by atoms with Gasteiger partial charge >= 0.3 is 0 Å². The average Bonchev–Trinajstić information content (AvgIpc) is 2.90. The highest BCUT2D eigenvalue weighted by Gasteiger charge is 2.32. The second kappa shape index (κ2) is 5.44. The Morgan fingerprint density at radius 3 is 2.30 bits per heavy atom. The van der Waals surface area contributed by atoms with Crippen LogP contribution >= 0.6 is 11.3 Å². The van der Waals surface area contributed by atoms with E-state index >= 15 is 0 Å². The van der Waals surface area contributed by atoms with Crippen LogP contribution in [-0.4, -0.2) is 31.8 Å². The lowest BCUT2D eigenvalue weighted by Gasteiger charge is -2.18. The molecule has 3 N–H and O–H groups in total. The Morgan fingerprint density at radius 1 is 1.30 bits per heavy atom. The van der Waals surface area contributed by atoms with Gasteiger partial charge in [-0.15, -0.1) is 11.3 Å². The molecule has 2 unspecified atom stereocenters. The summed E-state index contributed by atoms with van der Waals surface area (Å²) in [6.45, 7) is 7.67. The first-order chi connectivity index (χ1) is 9.36. The molecule has 1 aromatic heterocycles. The molecule has 6 heteroatoms. The zero-order chi connectivity index (χ0) is 15.0. The molecular formula is C14H21N3O2S. The molecule has 5 nitrogen and oxygen atoms in total. The molecule has 2 heterocycles. The number of hydrogen-bond acceptors (Lipinski definition) is 5. The lowest BCUT2D eigenvalue weighted by Crippen LogP contribution is -2.25. The molecule has 20 heavy (non-hydrogen) atoms. The number of anilines is 2. The highest BCUT2D eigenvalue weighted by atomic mass is 32.1. The number of ketones is 1. The van der Waals surface area contributed by atoms with Crippen molar-refractivity contribution in [1.82, 2.24) is 5.32 Å². The Morgan fingerprint density at radius 2 is 1.85 bits per heavy atom. The number of hydrogen-bond donors (Lipinski definition) is 2. The number of nitrogens with one attached hydrogen (secondary N) is 1. The van der Waals surface area contributed by atoms with Gasteiger partial charge in [-0.2, -0.15) is 0 Å². The first kappa shape index (κ1) is 14.8. The van der Waals surface area contributed by atoms with Crippen LogP contribution < -0.4 is 16.0 Å². The zero-order valence-electron chi connectivity index (χ0n) is 12.3. The van der Waals surface area contributed by atoms with Crippen molar-refractivity contribution in [3.05, 3.63) is 10.4 Å². The summed E-state index contributed by atoms with van der Waals surface area (Å²) >= 11 is 1.33. The second-order valence-electron chi connectivity index (χ2n) is 5.52. The third-order valence-electron chi connectivity index (χ3n) is 3.98. The SMILES string of the molecule is CNC(=O)c1c(N2CC(C)C(C)C2)sc(C(C)=O)c1N. The van der Waals surface area contributed by atoms with E-state index in [-0.39, 0.29) is 11.7 Å². The normalized spacial score (nSPS) is 22.1. The van der Waals surface area contributed by atoms with Crippen molar-refractivity contribution >= 4 is 33.7 Å². The molecular weight excluding hydrogens is 274 g/mol. The second-order valence-corrected chi connectivity index (χ2v) is 6.52. The Balaban J connectivity index is 2.49. The number of nitrogens with two attached hydrogens (primary N) is 1. The summed E-state index contributed by atoms with van der Waals surface area (Å²) in [5.41, 5.74) is 6.78. The van der Waals surface area contributed by atoms with Crippen molar-refractivity contribution < 1.29 is 9.59 Å². The molecule has 2 rings (SSSR count). The smallest absolute Gasteiger partial charge is 0.256 e. The molecule has 1 aliphatic heterocycles. The first-order valence-corrected chi connectivity index (χ1v) is 7.58. The molecule has 0 radical (unpaired) electrons. The maximum absolute atomic E-state index is 12.1. The van der Waals surface area contributed by atoms with Crippen molar-refractivity contribution in [3.8, 4) is 0 Å². The van der Waals surface area contributed by atoms with Crippen LogP contribution in [0.2, 0.25) is 0 Å². The van der Waals surface area contributed by atoms with Crippen molar-refractivity contribution in [2.24, 2.45) is 11.8 Å². The fourth-order valence-corrected chi connectivity index (χ4v) is 3.69. The molecule has 1 aliphatic rings. The largest absolute Gasteiger partial charge is 0.397 e. The third kappa shape index (κ3) is 2.40. The van der Waals surface area contributed by atoms with Crippen LogP contribution in [0, 0.1) is 11.8 Å². The monoisotopic (exact) mass is 295 g/mol. The van der Waals surface area contributed by atoms with E-state index in [1.807, 2.05) is 0 Å². The Hall–Kier alpha value is -1.56. The van der Waals surface area contributed by atoms with Crippen LogP contribution in [0.3, 0.4) is 0 Å². The molecule has 2 atom stereocenters. The summed E-state index contributed by atoms with van der Waals surface area (Å²) in [7, 11) is 1.58. The van der Waals surface area contributed by atoms with Gasteiger partial charge in [0.15, 0.2) is 5.78 Å². The van der Waals surface area contributed by atoms with Crippen molar-refractivity contribution in [2.75, 3.05) is 30.8 Å². The summed E-state index contributed by atoms with van der Waals surface area (Å²) < 4.78 is 0. The maximum Gasteiger partial charge on any atom is 0.256 e. The van der Waals surface area contributed by atoms with E-state index in [0.717, 1.165) is 18.1 Å². The number of thiophene rings is 1. The standard InChI is InChI=1S/C14H21N3O2S/c1-7-5-17(6-8(7)2)14-10(13(19)16-4)11(15)12(20-14)9(3)18/h7-8H,5-6,15H2,1-4H3,(H,16,19). The van der Waals surface area contributed by atoms with E-state index in [9.17, 15) is 9.59 Å². The molecule has 1 aromatic rings. The van der Waals surface area contributed by atoms with Gasteiger partial charge in [-0.05, 0) is 11.8 Å². The van der Waals surface area contributed by atoms with Gasteiger partial charge in [0.1, 0.15) is 5.00 Å². The number of carbonyl (C=O) groups is 2. The van der Waals surface area contributed by atoms with Crippen molar-refractivity contribution in [2.45, 2.75) is 20.8 Å². The maximum atomic E-state index is 12.1. The molecule has 1 fully saturated rings. The van der Waals surface area contributed by atoms with Crippen LogP contribution in [-0.2, 0) is 0 Å². The van der Waals surface area contributed by atoms with Gasteiger partial charge in [0.2, 0.25) is 0 Å². The summed E-state index contributed by atoms with van der Waals surface area (Å²) in [5.74, 6) is 0.811. The van der Waals surface area contributed by atoms with Crippen LogP contribution in [0.15, 0.2) is 0 Å². The molecule has 0 bridgehead atoms. The number of nitrogen functional groups attached to an aromatic ring is 1. The number of nitrogens with zero attached hydrogens (tertiary/aromatic N) is 1. The molecule has 0 spiro atoms. The third-order valence-corrected chi connectivity index (χ3v) is 5.34. The van der Waals surface area contributed by atoms with Gasteiger partial charge in [0.25, 0.3) is 5.91 Å². The molecule has 1 saturated heterocycles.